The Morgan fingerprint density at radius 1 is 1.09 bits per heavy atom. The molecule has 2 aliphatic rings. The molecule has 4 atom stereocenters. The lowest BCUT2D eigenvalue weighted by Crippen LogP contribution is -2.45. The molecular weight excluding hydrogens is 467 g/mol. The highest BCUT2D eigenvalue weighted by atomic mass is 35.5. The maximum Gasteiger partial charge on any atom is 0.255 e. The number of anilines is 1. The Labute approximate surface area is 188 Å². The van der Waals surface area contributed by atoms with E-state index in [0.717, 1.165) is 18.9 Å². The van der Waals surface area contributed by atoms with Gasteiger partial charge in [-0.15, -0.1) is 0 Å². The molecule has 172 valence electrons. The molecule has 2 saturated carbocycles. The van der Waals surface area contributed by atoms with Gasteiger partial charge >= 0.3 is 0 Å². The van der Waals surface area contributed by atoms with E-state index in [1.165, 1.54) is 12.1 Å². The van der Waals surface area contributed by atoms with Gasteiger partial charge in [0.05, 0.1) is 20.8 Å². The SMILES string of the molecule is C[C@]1(O)C2CC[C@H]1C[C@H](S(=O)(=O)c1cc(C(=O)Nc3cc(F)c(F)c(F)c3)ccc1Cl)C2. The Kier molecular flexibility index (Phi) is 5.80. The summed E-state index contributed by atoms with van der Waals surface area (Å²) in [5, 5.41) is 12.1. The van der Waals surface area contributed by atoms with Crippen LogP contribution in [-0.4, -0.2) is 30.3 Å². The smallest absolute Gasteiger partial charge is 0.255 e. The number of carbonyl (C=O) groups is 1. The van der Waals surface area contributed by atoms with Crippen LogP contribution in [0.3, 0.4) is 0 Å². The fourth-order valence-corrected chi connectivity index (χ4v) is 7.29. The maximum atomic E-state index is 13.4. The topological polar surface area (TPSA) is 83.5 Å². The summed E-state index contributed by atoms with van der Waals surface area (Å²) in [5.74, 6) is -5.70. The average Bonchev–Trinajstić information content (AvgIpc) is 2.88. The van der Waals surface area contributed by atoms with E-state index >= 15 is 0 Å². The van der Waals surface area contributed by atoms with Crippen molar-refractivity contribution in [3.05, 3.63) is 58.4 Å². The van der Waals surface area contributed by atoms with Gasteiger partial charge in [-0.2, -0.15) is 0 Å². The van der Waals surface area contributed by atoms with Crippen molar-refractivity contribution < 1.29 is 31.5 Å². The van der Waals surface area contributed by atoms with E-state index in [1.807, 2.05) is 0 Å². The van der Waals surface area contributed by atoms with Crippen LogP contribution in [0.25, 0.3) is 0 Å². The molecule has 2 aromatic carbocycles. The third-order valence-electron chi connectivity index (χ3n) is 6.79. The predicted octanol–water partition coefficient (Wildman–Crippen LogP) is 4.72. The van der Waals surface area contributed by atoms with Crippen molar-refractivity contribution in [2.24, 2.45) is 11.8 Å². The molecule has 0 aromatic heterocycles. The summed E-state index contributed by atoms with van der Waals surface area (Å²) in [5.41, 5.74) is -1.31. The Balaban J connectivity index is 1.61. The largest absolute Gasteiger partial charge is 0.390 e. The van der Waals surface area contributed by atoms with Crippen molar-refractivity contribution in [3.63, 3.8) is 0 Å². The molecular formula is C22H21ClF3NO4S. The highest BCUT2D eigenvalue weighted by molar-refractivity contribution is 7.92. The number of aliphatic hydroxyl groups is 1. The minimum Gasteiger partial charge on any atom is -0.390 e. The maximum absolute atomic E-state index is 13.4. The van der Waals surface area contributed by atoms with Crippen LogP contribution in [0.15, 0.2) is 35.2 Å². The van der Waals surface area contributed by atoms with E-state index in [1.54, 1.807) is 6.92 Å². The number of hydrogen-bond acceptors (Lipinski definition) is 4. The number of halogens is 4. The second-order valence-electron chi connectivity index (χ2n) is 8.69. The first-order valence-electron chi connectivity index (χ1n) is 10.1. The molecule has 2 N–H and O–H groups in total. The zero-order valence-electron chi connectivity index (χ0n) is 17.0. The molecule has 10 heteroatoms. The summed E-state index contributed by atoms with van der Waals surface area (Å²) in [6, 6.07) is 4.91. The molecule has 2 bridgehead atoms. The van der Waals surface area contributed by atoms with Crippen molar-refractivity contribution >= 4 is 33.0 Å². The van der Waals surface area contributed by atoms with Crippen LogP contribution in [0.5, 0.6) is 0 Å². The number of nitrogens with one attached hydrogen (secondary N) is 1. The van der Waals surface area contributed by atoms with Crippen LogP contribution in [0.1, 0.15) is 43.0 Å². The third-order valence-corrected chi connectivity index (χ3v) is 9.45. The van der Waals surface area contributed by atoms with Gasteiger partial charge in [0.25, 0.3) is 5.91 Å². The molecule has 0 spiro atoms. The first-order chi connectivity index (χ1) is 14.9. The number of sulfone groups is 1. The molecule has 2 fully saturated rings. The van der Waals surface area contributed by atoms with Crippen LogP contribution >= 0.6 is 11.6 Å². The van der Waals surface area contributed by atoms with Crippen LogP contribution in [0, 0.1) is 29.3 Å². The summed E-state index contributed by atoms with van der Waals surface area (Å²) in [6.45, 7) is 1.75. The fourth-order valence-electron chi connectivity index (χ4n) is 4.89. The van der Waals surface area contributed by atoms with Crippen LogP contribution in [-0.2, 0) is 9.84 Å². The van der Waals surface area contributed by atoms with Gasteiger partial charge in [-0.25, -0.2) is 21.6 Å². The minimum atomic E-state index is -3.91. The van der Waals surface area contributed by atoms with Gasteiger partial charge in [0.2, 0.25) is 0 Å². The molecule has 0 radical (unpaired) electrons. The highest BCUT2D eigenvalue weighted by Gasteiger charge is 2.53. The van der Waals surface area contributed by atoms with Crippen molar-refractivity contribution in [2.45, 2.75) is 48.4 Å². The molecule has 1 unspecified atom stereocenters. The number of amides is 1. The predicted molar refractivity (Wildman–Crippen MR) is 113 cm³/mol. The van der Waals surface area contributed by atoms with Crippen molar-refractivity contribution in [2.75, 3.05) is 5.32 Å². The van der Waals surface area contributed by atoms with Gasteiger partial charge in [0.1, 0.15) is 0 Å². The van der Waals surface area contributed by atoms with E-state index in [4.69, 9.17) is 11.6 Å². The number of benzene rings is 2. The molecule has 2 aliphatic carbocycles. The Morgan fingerprint density at radius 2 is 1.66 bits per heavy atom. The van der Waals surface area contributed by atoms with E-state index in [2.05, 4.69) is 5.32 Å². The first-order valence-corrected chi connectivity index (χ1v) is 12.1. The second-order valence-corrected chi connectivity index (χ2v) is 11.3. The lowest BCUT2D eigenvalue weighted by molar-refractivity contribution is -0.0413. The molecule has 32 heavy (non-hydrogen) atoms. The molecule has 2 aromatic rings. The lowest BCUT2D eigenvalue weighted by atomic mass is 9.76. The van der Waals surface area contributed by atoms with Crippen molar-refractivity contribution in [1.29, 1.82) is 0 Å². The first kappa shape index (κ1) is 23.1. The van der Waals surface area contributed by atoms with Gasteiger partial charge in [-0.1, -0.05) is 11.6 Å². The average molecular weight is 488 g/mol. The number of hydrogen-bond donors (Lipinski definition) is 2. The number of carbonyl (C=O) groups excluding carboxylic acids is 1. The van der Waals surface area contributed by atoms with Crippen LogP contribution in [0.2, 0.25) is 5.02 Å². The Morgan fingerprint density at radius 3 is 2.22 bits per heavy atom. The second kappa shape index (κ2) is 8.04. The zero-order valence-corrected chi connectivity index (χ0v) is 18.6. The summed E-state index contributed by atoms with van der Waals surface area (Å²) in [6.07, 6.45) is 2.11. The van der Waals surface area contributed by atoms with Gasteiger partial charge < -0.3 is 10.4 Å². The van der Waals surface area contributed by atoms with E-state index in [0.29, 0.717) is 25.0 Å². The zero-order chi connectivity index (χ0) is 23.4. The van der Waals surface area contributed by atoms with Gasteiger partial charge in [0.15, 0.2) is 27.3 Å². The fraction of sp³-hybridized carbons (Fsp3) is 0.409. The third kappa shape index (κ3) is 3.91. The molecule has 4 rings (SSSR count). The summed E-state index contributed by atoms with van der Waals surface area (Å²) in [7, 11) is -3.91. The monoisotopic (exact) mass is 487 g/mol. The minimum absolute atomic E-state index is 0.0508. The van der Waals surface area contributed by atoms with Crippen LogP contribution < -0.4 is 5.32 Å². The summed E-state index contributed by atoms with van der Waals surface area (Å²) in [4.78, 5) is 12.4. The van der Waals surface area contributed by atoms with E-state index < -0.39 is 44.0 Å². The van der Waals surface area contributed by atoms with Gasteiger partial charge in [-0.05, 0) is 62.6 Å². The van der Waals surface area contributed by atoms with Gasteiger partial charge in [-0.3, -0.25) is 4.79 Å². The van der Waals surface area contributed by atoms with Gasteiger partial charge in [0, 0.05) is 23.4 Å². The molecule has 0 aliphatic heterocycles. The number of rotatable bonds is 4. The van der Waals surface area contributed by atoms with Crippen molar-refractivity contribution in [3.8, 4) is 0 Å². The standard InChI is InChI=1S/C22H21ClF3NO4S/c1-22(29)12-3-4-13(22)8-15(7-12)32(30,31)19-6-11(2-5-16(19)23)21(28)27-14-9-17(24)20(26)18(25)10-14/h2,5-6,9-10,12-13,15,29H,3-4,7-8H2,1H3,(H,27,28)/t12-,13?,15-,22+/m0/s1. The normalized spacial score (nSPS) is 27.4. The van der Waals surface area contributed by atoms with Crippen molar-refractivity contribution in [1.82, 2.24) is 0 Å². The molecule has 1 amide bonds. The Hall–Kier alpha value is -2.10. The lowest BCUT2D eigenvalue weighted by Gasteiger charge is -2.40. The molecule has 0 heterocycles. The summed E-state index contributed by atoms with van der Waals surface area (Å²) >= 11 is 6.17. The molecule has 5 nitrogen and oxygen atoms in total. The number of fused-ring (bicyclic) bond motifs is 2. The molecule has 0 saturated heterocycles. The summed E-state index contributed by atoms with van der Waals surface area (Å²) < 4.78 is 66.7. The van der Waals surface area contributed by atoms with E-state index in [9.17, 15) is 31.5 Å². The van der Waals surface area contributed by atoms with E-state index in [-0.39, 0.29) is 33.0 Å². The van der Waals surface area contributed by atoms with Crippen LogP contribution in [0.4, 0.5) is 18.9 Å². The Bertz CT molecular complexity index is 1160. The highest BCUT2D eigenvalue weighted by Crippen LogP contribution is 2.51. The quantitative estimate of drug-likeness (QED) is 0.611.